The van der Waals surface area contributed by atoms with E-state index in [1.165, 1.54) is 51.9 Å². The maximum atomic E-state index is 12.6. The number of ketones is 1. The topological polar surface area (TPSA) is 101 Å². The number of carbonyl (C=O) groups excluding carboxylic acids is 1. The van der Waals surface area contributed by atoms with Gasteiger partial charge in [-0.2, -0.15) is 13.7 Å². The zero-order valence-electron chi connectivity index (χ0n) is 14.0. The van der Waals surface area contributed by atoms with Gasteiger partial charge in [-0.25, -0.2) is 8.42 Å². The second kappa shape index (κ2) is 8.44. The van der Waals surface area contributed by atoms with Gasteiger partial charge in [0.05, 0.1) is 24.7 Å². The lowest BCUT2D eigenvalue weighted by atomic mass is 10.1. The van der Waals surface area contributed by atoms with Crippen molar-refractivity contribution >= 4 is 44.2 Å². The monoisotopic (exact) mass is 414 g/mol. The number of rotatable bonds is 7. The fourth-order valence-electron chi connectivity index (χ4n) is 2.37. The molecule has 1 N–H and O–H groups in total. The van der Waals surface area contributed by atoms with Crippen molar-refractivity contribution in [1.82, 2.24) is 13.7 Å². The number of hydrogen-bond donors (Lipinski definition) is 1. The standard InChI is InChI=1S/C15H18N4O4S3/c1-24-15-17-14(25-18-15)16-10-13(20)11-2-4-12(5-3-11)26(21,22)19-6-8-23-9-7-19/h2-5H,6-10H2,1H3,(H,16,17,18). The minimum atomic E-state index is -3.55. The highest BCUT2D eigenvalue weighted by atomic mass is 32.2. The van der Waals surface area contributed by atoms with Crippen LogP contribution in [0, 0.1) is 0 Å². The van der Waals surface area contributed by atoms with E-state index in [-0.39, 0.29) is 17.2 Å². The highest BCUT2D eigenvalue weighted by Crippen LogP contribution is 2.19. The molecule has 1 aromatic heterocycles. The number of hydrogen-bond acceptors (Lipinski definition) is 9. The van der Waals surface area contributed by atoms with Gasteiger partial charge in [0.25, 0.3) is 0 Å². The number of nitrogens with zero attached hydrogens (tertiary/aromatic N) is 3. The Bertz CT molecular complexity index is 861. The molecule has 140 valence electrons. The molecule has 3 rings (SSSR count). The van der Waals surface area contributed by atoms with E-state index in [0.29, 0.717) is 42.2 Å². The van der Waals surface area contributed by atoms with Gasteiger partial charge in [0.15, 0.2) is 5.78 Å². The number of morpholine rings is 1. The van der Waals surface area contributed by atoms with E-state index >= 15 is 0 Å². The van der Waals surface area contributed by atoms with Crippen molar-refractivity contribution in [3.05, 3.63) is 29.8 Å². The number of aromatic nitrogens is 2. The van der Waals surface area contributed by atoms with Gasteiger partial charge in [-0.15, -0.1) is 0 Å². The zero-order valence-corrected chi connectivity index (χ0v) is 16.5. The Hall–Kier alpha value is -1.53. The normalized spacial score (nSPS) is 15.7. The molecule has 0 aliphatic carbocycles. The fourth-order valence-corrected chi connectivity index (χ4v) is 4.90. The SMILES string of the molecule is CSc1nsc(NCC(=O)c2ccc(S(=O)(=O)N3CCOCC3)cc2)n1. The molecule has 11 heteroatoms. The van der Waals surface area contributed by atoms with Crippen LogP contribution in [-0.4, -0.2) is 67.0 Å². The van der Waals surface area contributed by atoms with Crippen LogP contribution in [0.4, 0.5) is 5.13 Å². The molecule has 2 aromatic rings. The predicted molar refractivity (Wildman–Crippen MR) is 101 cm³/mol. The molecule has 0 atom stereocenters. The van der Waals surface area contributed by atoms with E-state index in [1.54, 1.807) is 0 Å². The lowest BCUT2D eigenvalue weighted by Crippen LogP contribution is -2.40. The predicted octanol–water partition coefficient (Wildman–Crippen LogP) is 1.58. The summed E-state index contributed by atoms with van der Waals surface area (Å²) >= 11 is 2.62. The molecular weight excluding hydrogens is 396 g/mol. The summed E-state index contributed by atoms with van der Waals surface area (Å²) in [7, 11) is -3.55. The number of nitrogens with one attached hydrogen (secondary N) is 1. The quantitative estimate of drug-likeness (QED) is 0.538. The first-order valence-corrected chi connectivity index (χ1v) is 11.3. The molecule has 0 unspecified atom stereocenters. The summed E-state index contributed by atoms with van der Waals surface area (Å²) in [4.78, 5) is 16.7. The summed E-state index contributed by atoms with van der Waals surface area (Å²) in [6.45, 7) is 1.54. The molecule has 1 aliphatic heterocycles. The molecule has 26 heavy (non-hydrogen) atoms. The lowest BCUT2D eigenvalue weighted by molar-refractivity contribution is 0.0730. The maximum Gasteiger partial charge on any atom is 0.243 e. The van der Waals surface area contributed by atoms with E-state index in [9.17, 15) is 13.2 Å². The van der Waals surface area contributed by atoms with Crippen molar-refractivity contribution in [2.75, 3.05) is 44.4 Å². The van der Waals surface area contributed by atoms with Crippen LogP contribution in [0.2, 0.25) is 0 Å². The number of carbonyl (C=O) groups is 1. The minimum absolute atomic E-state index is 0.0680. The summed E-state index contributed by atoms with van der Waals surface area (Å²) in [5.41, 5.74) is 0.438. The largest absolute Gasteiger partial charge is 0.379 e. The number of ether oxygens (including phenoxy) is 1. The van der Waals surface area contributed by atoms with Gasteiger partial charge in [0, 0.05) is 30.2 Å². The van der Waals surface area contributed by atoms with Gasteiger partial charge in [-0.05, 0) is 30.5 Å². The Kier molecular flexibility index (Phi) is 6.24. The highest BCUT2D eigenvalue weighted by molar-refractivity contribution is 7.98. The molecule has 0 spiro atoms. The second-order valence-electron chi connectivity index (χ2n) is 5.40. The third kappa shape index (κ3) is 4.41. The first-order chi connectivity index (χ1) is 12.5. The number of sulfonamides is 1. The Morgan fingerprint density at radius 3 is 2.62 bits per heavy atom. The van der Waals surface area contributed by atoms with E-state index in [4.69, 9.17) is 4.74 Å². The van der Waals surface area contributed by atoms with Crippen LogP contribution in [0.3, 0.4) is 0 Å². The third-order valence-electron chi connectivity index (χ3n) is 3.77. The Labute approximate surface area is 160 Å². The highest BCUT2D eigenvalue weighted by Gasteiger charge is 2.26. The molecular formula is C15H18N4O4S3. The lowest BCUT2D eigenvalue weighted by Gasteiger charge is -2.26. The average molecular weight is 415 g/mol. The summed E-state index contributed by atoms with van der Waals surface area (Å²) in [5, 5.41) is 4.17. The van der Waals surface area contributed by atoms with Gasteiger partial charge in [-0.3, -0.25) is 4.79 Å². The minimum Gasteiger partial charge on any atom is -0.379 e. The number of thioether (sulfide) groups is 1. The van der Waals surface area contributed by atoms with E-state index in [2.05, 4.69) is 14.7 Å². The molecule has 0 bridgehead atoms. The smallest absolute Gasteiger partial charge is 0.243 e. The van der Waals surface area contributed by atoms with Crippen molar-refractivity contribution < 1.29 is 17.9 Å². The second-order valence-corrected chi connectivity index (χ2v) is 8.87. The summed E-state index contributed by atoms with van der Waals surface area (Å²) in [5.74, 6) is -0.152. The molecule has 1 saturated heterocycles. The third-order valence-corrected chi connectivity index (χ3v) is 7.02. The van der Waals surface area contributed by atoms with Crippen LogP contribution >= 0.6 is 23.3 Å². The average Bonchev–Trinajstić information content (AvgIpc) is 3.15. The molecule has 0 radical (unpaired) electrons. The summed E-state index contributed by atoms with van der Waals surface area (Å²) in [6, 6.07) is 6.00. The summed E-state index contributed by atoms with van der Waals surface area (Å²) in [6.07, 6.45) is 1.88. The molecule has 0 amide bonds. The molecule has 2 heterocycles. The fraction of sp³-hybridized carbons (Fsp3) is 0.400. The Balaban J connectivity index is 1.63. The van der Waals surface area contributed by atoms with Crippen LogP contribution in [0.25, 0.3) is 0 Å². The van der Waals surface area contributed by atoms with Gasteiger partial charge in [0.1, 0.15) is 0 Å². The van der Waals surface area contributed by atoms with Crippen molar-refractivity contribution in [1.29, 1.82) is 0 Å². The van der Waals surface area contributed by atoms with Crippen molar-refractivity contribution in [2.45, 2.75) is 10.1 Å². The summed E-state index contributed by atoms with van der Waals surface area (Å²) < 4.78 is 35.8. The van der Waals surface area contributed by atoms with Gasteiger partial charge >= 0.3 is 0 Å². The molecule has 1 aliphatic rings. The maximum absolute atomic E-state index is 12.6. The van der Waals surface area contributed by atoms with Gasteiger partial charge in [0.2, 0.25) is 20.3 Å². The molecule has 1 aromatic carbocycles. The Morgan fingerprint density at radius 2 is 2.00 bits per heavy atom. The zero-order chi connectivity index (χ0) is 18.6. The van der Waals surface area contributed by atoms with E-state index in [0.717, 1.165) is 0 Å². The van der Waals surface area contributed by atoms with Crippen LogP contribution in [-0.2, 0) is 14.8 Å². The van der Waals surface area contributed by atoms with Gasteiger partial charge < -0.3 is 10.1 Å². The number of benzene rings is 1. The van der Waals surface area contributed by atoms with Crippen LogP contribution in [0.1, 0.15) is 10.4 Å². The van der Waals surface area contributed by atoms with Gasteiger partial charge in [-0.1, -0.05) is 11.8 Å². The van der Waals surface area contributed by atoms with Crippen molar-refractivity contribution in [3.8, 4) is 0 Å². The van der Waals surface area contributed by atoms with Crippen LogP contribution < -0.4 is 5.32 Å². The molecule has 1 fully saturated rings. The van der Waals surface area contributed by atoms with Crippen molar-refractivity contribution in [2.24, 2.45) is 0 Å². The number of Topliss-reactive ketones (excluding diaryl/α,β-unsaturated/α-hetero) is 1. The number of anilines is 1. The van der Waals surface area contributed by atoms with E-state index < -0.39 is 10.0 Å². The molecule has 0 saturated carbocycles. The van der Waals surface area contributed by atoms with Crippen LogP contribution in [0.15, 0.2) is 34.3 Å². The first-order valence-electron chi connectivity index (χ1n) is 7.83. The molecule has 8 nitrogen and oxygen atoms in total. The van der Waals surface area contributed by atoms with Crippen LogP contribution in [0.5, 0.6) is 0 Å². The Morgan fingerprint density at radius 1 is 1.31 bits per heavy atom. The van der Waals surface area contributed by atoms with E-state index in [1.807, 2.05) is 6.26 Å². The first kappa shape index (κ1) is 19.2. The van der Waals surface area contributed by atoms with Crippen molar-refractivity contribution in [3.63, 3.8) is 0 Å².